The van der Waals surface area contributed by atoms with Crippen molar-refractivity contribution in [3.8, 4) is 0 Å². The maximum atomic E-state index is 10.8. The normalized spacial score (nSPS) is 38.6. The van der Waals surface area contributed by atoms with Gasteiger partial charge in [-0.25, -0.2) is 4.79 Å². The zero-order chi connectivity index (χ0) is 8.81. The summed E-state index contributed by atoms with van der Waals surface area (Å²) in [4.78, 5) is 11.7. The molecule has 6 heteroatoms. The molecule has 2 unspecified atom stereocenters. The first-order valence-electron chi connectivity index (χ1n) is 3.05. The highest BCUT2D eigenvalue weighted by Gasteiger charge is 2.51. The zero-order valence-electron chi connectivity index (χ0n) is 6.22. The van der Waals surface area contributed by atoms with Crippen LogP contribution in [0.4, 0.5) is 4.79 Å². The molecule has 1 aliphatic rings. The second kappa shape index (κ2) is 2.07. The van der Waals surface area contributed by atoms with Crippen LogP contribution >= 0.6 is 0 Å². The minimum atomic E-state index is -1.73. The molecule has 0 aromatic rings. The molecule has 2 atom stereocenters. The number of aliphatic hydroxyl groups excluding tert-OH is 1. The van der Waals surface area contributed by atoms with Gasteiger partial charge in [-0.15, -0.1) is 0 Å². The number of rotatable bonds is 0. The van der Waals surface area contributed by atoms with Gasteiger partial charge in [-0.05, 0) is 6.92 Å². The number of carbonyl (C=O) groups excluding carboxylic acids is 1. The first-order valence-corrected chi connectivity index (χ1v) is 3.05. The number of aliphatic hydroxyl groups is 2. The van der Waals surface area contributed by atoms with Gasteiger partial charge < -0.3 is 10.2 Å². The second-order valence-electron chi connectivity index (χ2n) is 2.65. The summed E-state index contributed by atoms with van der Waals surface area (Å²) in [5.41, 5.74) is -1.73. The Labute approximate surface area is 63.2 Å². The Hall–Kier alpha value is -0.850. The van der Waals surface area contributed by atoms with Gasteiger partial charge in [-0.1, -0.05) is 0 Å². The fourth-order valence-corrected chi connectivity index (χ4v) is 0.857. The highest BCUT2D eigenvalue weighted by atomic mass is 16.6. The van der Waals surface area contributed by atoms with E-state index in [2.05, 4.69) is 0 Å². The van der Waals surface area contributed by atoms with E-state index in [1.54, 1.807) is 0 Å². The van der Waals surface area contributed by atoms with Crippen molar-refractivity contribution < 1.29 is 20.2 Å². The van der Waals surface area contributed by atoms with E-state index in [1.807, 2.05) is 0 Å². The Morgan fingerprint density at radius 3 is 2.18 bits per heavy atom. The van der Waals surface area contributed by atoms with Crippen LogP contribution in [0, 0.1) is 0 Å². The molecule has 64 valence electrons. The first-order chi connectivity index (χ1) is 4.89. The summed E-state index contributed by atoms with van der Waals surface area (Å²) in [6.45, 7) is 1.23. The third kappa shape index (κ3) is 0.873. The van der Waals surface area contributed by atoms with Crippen LogP contribution in [-0.4, -0.2) is 50.4 Å². The monoisotopic (exact) mass is 162 g/mol. The van der Waals surface area contributed by atoms with E-state index < -0.39 is 18.0 Å². The van der Waals surface area contributed by atoms with Crippen LogP contribution in [0.5, 0.6) is 0 Å². The Bertz CT molecular complexity index is 193. The van der Waals surface area contributed by atoms with E-state index in [0.717, 1.165) is 4.90 Å². The topological polar surface area (TPSA) is 84.2 Å². The molecule has 0 bridgehead atoms. The third-order valence-corrected chi connectivity index (χ3v) is 1.88. The van der Waals surface area contributed by atoms with Gasteiger partial charge in [0.15, 0.2) is 5.72 Å². The second-order valence-corrected chi connectivity index (χ2v) is 2.65. The number of amides is 2. The van der Waals surface area contributed by atoms with Gasteiger partial charge in [0.1, 0.15) is 0 Å². The Morgan fingerprint density at radius 2 is 2.09 bits per heavy atom. The van der Waals surface area contributed by atoms with Crippen molar-refractivity contribution in [3.05, 3.63) is 0 Å². The Kier molecular flexibility index (Phi) is 1.55. The lowest BCUT2D eigenvalue weighted by Gasteiger charge is -2.25. The van der Waals surface area contributed by atoms with Gasteiger partial charge in [-0.2, -0.15) is 5.06 Å². The lowest BCUT2D eigenvalue weighted by Crippen LogP contribution is -2.47. The largest absolute Gasteiger partial charge is 0.367 e. The summed E-state index contributed by atoms with van der Waals surface area (Å²) in [7, 11) is 1.28. The van der Waals surface area contributed by atoms with Gasteiger partial charge >= 0.3 is 6.03 Å². The first kappa shape index (κ1) is 8.25. The molecule has 3 N–H and O–H groups in total. The highest BCUT2D eigenvalue weighted by Crippen LogP contribution is 2.25. The minimum Gasteiger partial charge on any atom is -0.367 e. The lowest BCUT2D eigenvalue weighted by atomic mass is 10.2. The quantitative estimate of drug-likeness (QED) is 0.389. The van der Waals surface area contributed by atoms with Gasteiger partial charge in [-0.3, -0.25) is 10.1 Å². The number of carbonyl (C=O) groups is 1. The van der Waals surface area contributed by atoms with Crippen molar-refractivity contribution in [2.24, 2.45) is 0 Å². The molecule has 1 fully saturated rings. The molecule has 0 saturated carbocycles. The fraction of sp³-hybridized carbons (Fsp3) is 0.800. The van der Waals surface area contributed by atoms with Crippen LogP contribution in [0.2, 0.25) is 0 Å². The van der Waals surface area contributed by atoms with E-state index >= 15 is 0 Å². The average Bonchev–Trinajstić information content (AvgIpc) is 2.06. The van der Waals surface area contributed by atoms with Crippen molar-refractivity contribution in [2.45, 2.75) is 18.9 Å². The summed E-state index contributed by atoms with van der Waals surface area (Å²) >= 11 is 0. The molecule has 0 aromatic heterocycles. The summed E-state index contributed by atoms with van der Waals surface area (Å²) in [5.74, 6) is 0. The number of hydroxylamine groups is 2. The number of hydrogen-bond acceptors (Lipinski definition) is 4. The maximum absolute atomic E-state index is 10.8. The zero-order valence-corrected chi connectivity index (χ0v) is 6.22. The van der Waals surface area contributed by atoms with Crippen LogP contribution in [0.3, 0.4) is 0 Å². The molecule has 0 radical (unpaired) electrons. The van der Waals surface area contributed by atoms with E-state index in [-0.39, 0.29) is 5.06 Å². The van der Waals surface area contributed by atoms with Crippen LogP contribution in [0.1, 0.15) is 6.92 Å². The van der Waals surface area contributed by atoms with Gasteiger partial charge in [0.05, 0.1) is 0 Å². The number of hydrogen-bond donors (Lipinski definition) is 3. The molecule has 0 aliphatic carbocycles. The summed E-state index contributed by atoms with van der Waals surface area (Å²) < 4.78 is 0. The number of likely N-dealkylation sites (N-methyl/N-ethyl adjacent to an activating group) is 1. The van der Waals surface area contributed by atoms with Crippen molar-refractivity contribution in [1.29, 1.82) is 0 Å². The van der Waals surface area contributed by atoms with Gasteiger partial charge in [0, 0.05) is 7.05 Å². The number of nitrogens with zero attached hydrogens (tertiary/aromatic N) is 2. The Morgan fingerprint density at radius 1 is 1.64 bits per heavy atom. The highest BCUT2D eigenvalue weighted by molar-refractivity contribution is 5.76. The lowest BCUT2D eigenvalue weighted by molar-refractivity contribution is -0.206. The third-order valence-electron chi connectivity index (χ3n) is 1.88. The summed E-state index contributed by atoms with van der Waals surface area (Å²) in [5, 5.41) is 27.2. The van der Waals surface area contributed by atoms with E-state index in [4.69, 9.17) is 10.3 Å². The van der Waals surface area contributed by atoms with Crippen LogP contribution in [0.25, 0.3) is 0 Å². The average molecular weight is 162 g/mol. The maximum Gasteiger partial charge on any atom is 0.348 e. The molecule has 0 spiro atoms. The van der Waals surface area contributed by atoms with Crippen LogP contribution in [0.15, 0.2) is 0 Å². The van der Waals surface area contributed by atoms with Gasteiger partial charge in [0.25, 0.3) is 0 Å². The molecule has 1 saturated heterocycles. The molecule has 0 aromatic carbocycles. The number of urea groups is 1. The molecular weight excluding hydrogens is 152 g/mol. The predicted octanol–water partition coefficient (Wildman–Crippen LogP) is -1.23. The molecule has 1 aliphatic heterocycles. The SMILES string of the molecule is CN1C(=O)N(O)C(O)C1(C)O. The molecule has 1 rings (SSSR count). The van der Waals surface area contributed by atoms with E-state index in [1.165, 1.54) is 14.0 Å². The molecule has 11 heavy (non-hydrogen) atoms. The molecule has 1 heterocycles. The van der Waals surface area contributed by atoms with Crippen molar-refractivity contribution in [1.82, 2.24) is 9.96 Å². The summed E-state index contributed by atoms with van der Waals surface area (Å²) in [6.07, 6.45) is -1.60. The summed E-state index contributed by atoms with van der Waals surface area (Å²) in [6, 6.07) is -0.831. The van der Waals surface area contributed by atoms with E-state index in [0.29, 0.717) is 0 Å². The van der Waals surface area contributed by atoms with Gasteiger partial charge in [0.2, 0.25) is 6.23 Å². The smallest absolute Gasteiger partial charge is 0.348 e. The van der Waals surface area contributed by atoms with Crippen LogP contribution in [-0.2, 0) is 0 Å². The van der Waals surface area contributed by atoms with Crippen molar-refractivity contribution in [3.63, 3.8) is 0 Å². The van der Waals surface area contributed by atoms with Crippen LogP contribution < -0.4 is 0 Å². The molecule has 6 nitrogen and oxygen atoms in total. The van der Waals surface area contributed by atoms with Crippen molar-refractivity contribution >= 4 is 6.03 Å². The Balaban J connectivity index is 2.96. The predicted molar refractivity (Wildman–Crippen MR) is 33.4 cm³/mol. The molecular formula is C5H10N2O4. The minimum absolute atomic E-state index is 0.0833. The fourth-order valence-electron chi connectivity index (χ4n) is 0.857. The molecule has 2 amide bonds. The van der Waals surface area contributed by atoms with E-state index in [9.17, 15) is 9.90 Å². The standard InChI is InChI=1S/C5H10N2O4/c1-5(10)3(8)7(11)4(9)6(5)2/h3,8,10-11H,1-2H3. The van der Waals surface area contributed by atoms with Crippen molar-refractivity contribution in [2.75, 3.05) is 7.05 Å².